The molecule has 4 aromatic rings. The molecule has 4 nitrogen and oxygen atoms in total. The van der Waals surface area contributed by atoms with Crippen LogP contribution in [-0.2, 0) is 0 Å². The van der Waals surface area contributed by atoms with Crippen LogP contribution in [0.25, 0.3) is 31.6 Å². The first-order valence-electron chi connectivity index (χ1n) is 14.7. The Bertz CT molecular complexity index is 1830. The van der Waals surface area contributed by atoms with Crippen LogP contribution in [0.5, 0.6) is 0 Å². The highest BCUT2D eigenvalue weighted by atomic mass is 32.2. The molecule has 0 N–H and O–H groups in total. The van der Waals surface area contributed by atoms with E-state index in [0.717, 1.165) is 39.0 Å². The van der Waals surface area contributed by atoms with Crippen LogP contribution in [0, 0.1) is 0 Å². The smallest absolute Gasteiger partial charge is 0.168 e. The Balaban J connectivity index is 0.000000140. The van der Waals surface area contributed by atoms with E-state index in [4.69, 9.17) is 0 Å². The highest BCUT2D eigenvalue weighted by Gasteiger charge is 2.34. The SMILES string of the molecule is CCC1=C(c2cc3cccc(SC)c3s2)N2CCN=C2S1.CCCC1=C(c2cc3cccc(SC)c3s2)N2CCN=C2S1. The number of fused-ring (bicyclic) bond motifs is 4. The van der Waals surface area contributed by atoms with E-state index in [0.29, 0.717) is 0 Å². The summed E-state index contributed by atoms with van der Waals surface area (Å²) >= 11 is 11.3. The van der Waals surface area contributed by atoms with Gasteiger partial charge in [-0.1, -0.05) is 68.1 Å². The van der Waals surface area contributed by atoms with Crippen molar-refractivity contribution in [2.45, 2.75) is 42.9 Å². The average Bonchev–Trinajstić information content (AvgIpc) is 3.85. The summed E-state index contributed by atoms with van der Waals surface area (Å²) < 4.78 is 2.83. The van der Waals surface area contributed by atoms with Crippen molar-refractivity contribution in [1.29, 1.82) is 0 Å². The lowest BCUT2D eigenvalue weighted by molar-refractivity contribution is 0.647. The van der Waals surface area contributed by atoms with Gasteiger partial charge in [-0.3, -0.25) is 9.98 Å². The zero-order valence-corrected chi connectivity index (χ0v) is 29.7. The molecule has 10 heteroatoms. The lowest BCUT2D eigenvalue weighted by atomic mass is 10.2. The number of benzene rings is 2. The van der Waals surface area contributed by atoms with Gasteiger partial charge in [0, 0.05) is 42.1 Å². The molecule has 6 heterocycles. The van der Waals surface area contributed by atoms with Crippen LogP contribution in [0.3, 0.4) is 0 Å². The normalized spacial score (nSPS) is 17.7. The number of hydrogen-bond donors (Lipinski definition) is 0. The molecule has 222 valence electrons. The third-order valence-electron chi connectivity index (χ3n) is 7.82. The molecule has 4 aliphatic heterocycles. The van der Waals surface area contributed by atoms with E-state index < -0.39 is 0 Å². The van der Waals surface area contributed by atoms with E-state index in [9.17, 15) is 0 Å². The maximum absolute atomic E-state index is 4.66. The van der Waals surface area contributed by atoms with Crippen molar-refractivity contribution in [1.82, 2.24) is 9.80 Å². The first kappa shape index (κ1) is 29.9. The second-order valence-corrected chi connectivity index (χ2v) is 16.4. The quantitative estimate of drug-likeness (QED) is 0.181. The highest BCUT2D eigenvalue weighted by molar-refractivity contribution is 8.18. The fourth-order valence-corrected chi connectivity index (χ4v) is 12.5. The molecule has 0 saturated heterocycles. The van der Waals surface area contributed by atoms with Crippen LogP contribution in [0.4, 0.5) is 0 Å². The van der Waals surface area contributed by atoms with Gasteiger partial charge in [0.1, 0.15) is 0 Å². The van der Waals surface area contributed by atoms with Crippen molar-refractivity contribution in [3.63, 3.8) is 0 Å². The van der Waals surface area contributed by atoms with Gasteiger partial charge in [-0.2, -0.15) is 0 Å². The van der Waals surface area contributed by atoms with Crippen LogP contribution in [0.1, 0.15) is 42.9 Å². The fourth-order valence-electron chi connectivity index (χ4n) is 5.87. The molecule has 8 rings (SSSR count). The lowest BCUT2D eigenvalue weighted by Gasteiger charge is -2.15. The van der Waals surface area contributed by atoms with Crippen LogP contribution >= 0.6 is 69.7 Å². The Labute approximate surface area is 279 Å². The molecule has 2 aromatic carbocycles. The van der Waals surface area contributed by atoms with Crippen LogP contribution < -0.4 is 0 Å². The monoisotopic (exact) mass is 678 g/mol. The molecule has 0 fully saturated rings. The van der Waals surface area contributed by atoms with Gasteiger partial charge in [-0.25, -0.2) is 0 Å². The number of rotatable bonds is 7. The Kier molecular flexibility index (Phi) is 8.95. The highest BCUT2D eigenvalue weighted by Crippen LogP contribution is 2.48. The van der Waals surface area contributed by atoms with Crippen LogP contribution in [-0.4, -0.2) is 58.8 Å². The number of allylic oxidation sites excluding steroid dienone is 2. The fraction of sp³-hybridized carbons (Fsp3) is 0.333. The third-order valence-corrected chi connectivity index (χ3v) is 14.5. The number of thiophene rings is 2. The van der Waals surface area contributed by atoms with Gasteiger partial charge in [0.2, 0.25) is 0 Å². The Morgan fingerprint density at radius 1 is 0.721 bits per heavy atom. The zero-order valence-electron chi connectivity index (χ0n) is 24.8. The van der Waals surface area contributed by atoms with Crippen LogP contribution in [0.2, 0.25) is 0 Å². The number of aliphatic imine (C=N–C) groups is 2. The molecule has 0 atom stereocenters. The molecule has 2 aromatic heterocycles. The summed E-state index contributed by atoms with van der Waals surface area (Å²) in [7, 11) is 0. The Hall–Kier alpha value is -1.82. The van der Waals surface area contributed by atoms with Gasteiger partial charge in [-0.15, -0.1) is 46.2 Å². The second-order valence-electron chi connectivity index (χ2n) is 10.5. The predicted octanol–water partition coefficient (Wildman–Crippen LogP) is 10.6. The number of hydrogen-bond acceptors (Lipinski definition) is 10. The average molecular weight is 679 g/mol. The molecular weight excluding hydrogens is 645 g/mol. The summed E-state index contributed by atoms with van der Waals surface area (Å²) in [6, 6.07) is 17.9. The van der Waals surface area contributed by atoms with Gasteiger partial charge >= 0.3 is 0 Å². The van der Waals surface area contributed by atoms with Gasteiger partial charge in [0.05, 0.1) is 34.2 Å². The second kappa shape index (κ2) is 12.9. The maximum Gasteiger partial charge on any atom is 0.168 e. The topological polar surface area (TPSA) is 31.2 Å². The standard InChI is InChI=1S/C17H18N2S3.C16H16N2S3/c1-3-5-12-15(19-9-8-18-17(19)22-12)14-10-11-6-4-7-13(20-2)16(11)21-14;1-3-11-14(18-8-7-17-16(18)21-11)13-9-10-5-4-6-12(19-2)15(10)20-13/h4,6-7,10H,3,5,8-9H2,1-2H3;4-6,9H,3,7-8H2,1-2H3. The minimum atomic E-state index is 0.934. The maximum atomic E-state index is 4.66. The summed E-state index contributed by atoms with van der Waals surface area (Å²) in [6.45, 7) is 8.44. The molecule has 0 spiro atoms. The molecule has 0 unspecified atom stereocenters. The first-order valence-corrected chi connectivity index (χ1v) is 20.4. The van der Waals surface area contributed by atoms with Crippen molar-refractivity contribution >= 4 is 112 Å². The van der Waals surface area contributed by atoms with E-state index in [1.807, 2.05) is 69.7 Å². The van der Waals surface area contributed by atoms with Gasteiger partial charge in [0.15, 0.2) is 10.3 Å². The lowest BCUT2D eigenvalue weighted by Crippen LogP contribution is -2.19. The summed E-state index contributed by atoms with van der Waals surface area (Å²) in [4.78, 5) is 22.6. The third kappa shape index (κ3) is 5.50. The van der Waals surface area contributed by atoms with E-state index in [-0.39, 0.29) is 0 Å². The minimum absolute atomic E-state index is 0.934. The molecular formula is C33H34N4S6. The molecule has 4 aliphatic rings. The van der Waals surface area contributed by atoms with Crippen molar-refractivity contribution < 1.29 is 0 Å². The summed E-state index contributed by atoms with van der Waals surface area (Å²) in [6.07, 6.45) is 7.74. The van der Waals surface area contributed by atoms with E-state index in [1.54, 1.807) is 0 Å². The van der Waals surface area contributed by atoms with Gasteiger partial charge in [0.25, 0.3) is 0 Å². The van der Waals surface area contributed by atoms with Gasteiger partial charge < -0.3 is 9.80 Å². The number of thioether (sulfide) groups is 4. The number of amidine groups is 2. The zero-order chi connectivity index (χ0) is 29.5. The Morgan fingerprint density at radius 3 is 1.72 bits per heavy atom. The first-order chi connectivity index (χ1) is 21.1. The molecule has 0 saturated carbocycles. The van der Waals surface area contributed by atoms with E-state index >= 15 is 0 Å². The predicted molar refractivity (Wildman–Crippen MR) is 199 cm³/mol. The summed E-state index contributed by atoms with van der Waals surface area (Å²) in [5.41, 5.74) is 2.84. The van der Waals surface area contributed by atoms with Crippen LogP contribution in [0.15, 0.2) is 78.1 Å². The van der Waals surface area contributed by atoms with Crippen molar-refractivity contribution in [2.75, 3.05) is 38.7 Å². The summed E-state index contributed by atoms with van der Waals surface area (Å²) in [5.74, 6) is 0. The molecule has 0 radical (unpaired) electrons. The van der Waals surface area contributed by atoms with Crippen molar-refractivity contribution in [3.05, 3.63) is 68.1 Å². The minimum Gasteiger partial charge on any atom is -0.317 e. The molecule has 0 bridgehead atoms. The molecule has 0 amide bonds. The van der Waals surface area contributed by atoms with Crippen molar-refractivity contribution in [2.24, 2.45) is 9.98 Å². The molecule has 43 heavy (non-hydrogen) atoms. The van der Waals surface area contributed by atoms with E-state index in [1.165, 1.54) is 77.7 Å². The molecule has 0 aliphatic carbocycles. The van der Waals surface area contributed by atoms with E-state index in [2.05, 4.69) is 94.7 Å². The van der Waals surface area contributed by atoms with Gasteiger partial charge in [-0.05, 0) is 60.4 Å². The largest absolute Gasteiger partial charge is 0.317 e. The Morgan fingerprint density at radius 2 is 1.23 bits per heavy atom. The van der Waals surface area contributed by atoms with Crippen molar-refractivity contribution in [3.8, 4) is 0 Å². The summed E-state index contributed by atoms with van der Waals surface area (Å²) in [5, 5.41) is 5.13. The number of nitrogens with zero attached hydrogens (tertiary/aromatic N) is 4.